The smallest absolute Gasteiger partial charge is 0.00174 e. The van der Waals surface area contributed by atoms with Crippen molar-refractivity contribution in [1.29, 1.82) is 0 Å². The Hall–Kier alpha value is -0.780. The van der Waals surface area contributed by atoms with E-state index in [0.29, 0.717) is 5.92 Å². The largest absolute Gasteiger partial charge is 0.103 e. The van der Waals surface area contributed by atoms with Gasteiger partial charge in [-0.25, -0.2) is 0 Å². The molecule has 0 nitrogen and oxygen atoms in total. The fourth-order valence-corrected chi connectivity index (χ4v) is 1.82. The second-order valence-corrected chi connectivity index (χ2v) is 3.71. The predicted octanol–water partition coefficient (Wildman–Crippen LogP) is 4.26. The summed E-state index contributed by atoms with van der Waals surface area (Å²) in [6.45, 7) is 6.05. The second-order valence-electron chi connectivity index (χ2n) is 3.71. The monoisotopic (exact) mass is 176 g/mol. The highest BCUT2D eigenvalue weighted by Crippen LogP contribution is 2.27. The lowest BCUT2D eigenvalue weighted by atomic mass is 9.94. The first-order valence-corrected chi connectivity index (χ1v) is 5.36. The zero-order chi connectivity index (χ0) is 9.52. The Labute approximate surface area is 82.0 Å². The second kappa shape index (κ2) is 5.80. The molecular formula is C13H20. The van der Waals surface area contributed by atoms with Gasteiger partial charge in [0.05, 0.1) is 0 Å². The standard InChI is InChI=1S/C13H20/c1-3-5-6-9-13-11-7-10-12(13)8-4-2/h4,7,10-12H,2-3,5-6,8-9H2,1H3. The van der Waals surface area contributed by atoms with Gasteiger partial charge in [-0.1, -0.05) is 49.6 Å². The molecule has 0 saturated heterocycles. The molecule has 1 aliphatic rings. The number of allylic oxidation sites excluding steroid dienone is 5. The lowest BCUT2D eigenvalue weighted by Crippen LogP contribution is -1.96. The van der Waals surface area contributed by atoms with Crippen molar-refractivity contribution < 1.29 is 0 Å². The molecule has 0 N–H and O–H groups in total. The van der Waals surface area contributed by atoms with Crippen LogP contribution in [0.15, 0.2) is 36.5 Å². The van der Waals surface area contributed by atoms with Crippen molar-refractivity contribution in [2.75, 3.05) is 0 Å². The molecule has 0 heterocycles. The zero-order valence-corrected chi connectivity index (χ0v) is 8.63. The molecule has 0 saturated carbocycles. The minimum atomic E-state index is 0.661. The molecule has 13 heavy (non-hydrogen) atoms. The molecular weight excluding hydrogens is 156 g/mol. The minimum absolute atomic E-state index is 0.661. The number of unbranched alkanes of at least 4 members (excludes halogenated alkanes) is 2. The van der Waals surface area contributed by atoms with E-state index in [0.717, 1.165) is 6.42 Å². The van der Waals surface area contributed by atoms with Crippen molar-refractivity contribution in [2.24, 2.45) is 5.92 Å². The predicted molar refractivity (Wildman–Crippen MR) is 59.7 cm³/mol. The minimum Gasteiger partial charge on any atom is -0.103 e. The van der Waals surface area contributed by atoms with Gasteiger partial charge in [0.25, 0.3) is 0 Å². The number of hydrogen-bond acceptors (Lipinski definition) is 0. The maximum atomic E-state index is 3.79. The summed E-state index contributed by atoms with van der Waals surface area (Å²) < 4.78 is 0. The van der Waals surface area contributed by atoms with E-state index in [2.05, 4.69) is 31.7 Å². The van der Waals surface area contributed by atoms with Gasteiger partial charge in [-0.2, -0.15) is 0 Å². The molecule has 0 aliphatic heterocycles. The highest BCUT2D eigenvalue weighted by Gasteiger charge is 2.11. The first kappa shape index (κ1) is 10.3. The average molecular weight is 176 g/mol. The molecule has 1 unspecified atom stereocenters. The Morgan fingerprint density at radius 3 is 3.00 bits per heavy atom. The fourth-order valence-electron chi connectivity index (χ4n) is 1.82. The molecule has 0 amide bonds. The van der Waals surface area contributed by atoms with E-state index in [4.69, 9.17) is 0 Å². The van der Waals surface area contributed by atoms with E-state index in [1.54, 1.807) is 5.57 Å². The van der Waals surface area contributed by atoms with Gasteiger partial charge < -0.3 is 0 Å². The molecule has 0 heteroatoms. The van der Waals surface area contributed by atoms with E-state index < -0.39 is 0 Å². The molecule has 72 valence electrons. The third kappa shape index (κ3) is 3.22. The maximum Gasteiger partial charge on any atom is 0.00174 e. The quantitative estimate of drug-likeness (QED) is 0.419. The maximum absolute atomic E-state index is 3.79. The average Bonchev–Trinajstić information content (AvgIpc) is 2.54. The lowest BCUT2D eigenvalue weighted by Gasteiger charge is -2.10. The Bertz CT molecular complexity index is 208. The third-order valence-electron chi connectivity index (χ3n) is 2.62. The van der Waals surface area contributed by atoms with Crippen LogP contribution in [0.4, 0.5) is 0 Å². The topological polar surface area (TPSA) is 0 Å². The van der Waals surface area contributed by atoms with E-state index in [9.17, 15) is 0 Å². The van der Waals surface area contributed by atoms with Gasteiger partial charge in [0.2, 0.25) is 0 Å². The first-order valence-electron chi connectivity index (χ1n) is 5.36. The third-order valence-corrected chi connectivity index (χ3v) is 2.62. The fraction of sp³-hybridized carbons (Fsp3) is 0.538. The molecule has 0 radical (unpaired) electrons. The van der Waals surface area contributed by atoms with Gasteiger partial charge in [-0.15, -0.1) is 6.58 Å². The Kier molecular flexibility index (Phi) is 4.59. The summed E-state index contributed by atoms with van der Waals surface area (Å²) in [5.74, 6) is 0.661. The molecule has 0 aromatic heterocycles. The van der Waals surface area contributed by atoms with Crippen LogP contribution in [0.5, 0.6) is 0 Å². The summed E-state index contributed by atoms with van der Waals surface area (Å²) in [5, 5.41) is 0. The van der Waals surface area contributed by atoms with Crippen LogP contribution in [0.2, 0.25) is 0 Å². The molecule has 1 rings (SSSR count). The van der Waals surface area contributed by atoms with E-state index >= 15 is 0 Å². The Balaban J connectivity index is 2.29. The summed E-state index contributed by atoms with van der Waals surface area (Å²) in [4.78, 5) is 0. The zero-order valence-electron chi connectivity index (χ0n) is 8.63. The Morgan fingerprint density at radius 1 is 1.46 bits per heavy atom. The molecule has 0 bridgehead atoms. The Morgan fingerprint density at radius 2 is 2.31 bits per heavy atom. The summed E-state index contributed by atoms with van der Waals surface area (Å²) in [7, 11) is 0. The van der Waals surface area contributed by atoms with Crippen LogP contribution in [0.3, 0.4) is 0 Å². The van der Waals surface area contributed by atoms with Crippen LogP contribution in [0, 0.1) is 5.92 Å². The van der Waals surface area contributed by atoms with E-state index in [1.807, 2.05) is 6.08 Å². The highest BCUT2D eigenvalue weighted by molar-refractivity contribution is 5.27. The van der Waals surface area contributed by atoms with Crippen LogP contribution in [-0.2, 0) is 0 Å². The molecule has 0 fully saturated rings. The van der Waals surface area contributed by atoms with Crippen LogP contribution < -0.4 is 0 Å². The SMILES string of the molecule is C=CCC1C=CC=C1CCCCC. The van der Waals surface area contributed by atoms with Crippen molar-refractivity contribution >= 4 is 0 Å². The molecule has 1 aliphatic carbocycles. The first-order chi connectivity index (χ1) is 6.38. The van der Waals surface area contributed by atoms with Crippen LogP contribution in [0.25, 0.3) is 0 Å². The number of rotatable bonds is 6. The van der Waals surface area contributed by atoms with Crippen molar-refractivity contribution in [1.82, 2.24) is 0 Å². The molecule has 0 aromatic rings. The molecule has 1 atom stereocenters. The van der Waals surface area contributed by atoms with Crippen molar-refractivity contribution in [3.63, 3.8) is 0 Å². The summed E-state index contributed by atoms with van der Waals surface area (Å²) in [6.07, 6.45) is 15.2. The van der Waals surface area contributed by atoms with E-state index in [-0.39, 0.29) is 0 Å². The van der Waals surface area contributed by atoms with Gasteiger partial charge in [0, 0.05) is 5.92 Å². The van der Waals surface area contributed by atoms with Crippen LogP contribution in [-0.4, -0.2) is 0 Å². The molecule has 0 aromatic carbocycles. The van der Waals surface area contributed by atoms with Crippen LogP contribution >= 0.6 is 0 Å². The van der Waals surface area contributed by atoms with Gasteiger partial charge in [-0.3, -0.25) is 0 Å². The van der Waals surface area contributed by atoms with Gasteiger partial charge in [-0.05, 0) is 19.3 Å². The molecule has 0 spiro atoms. The summed E-state index contributed by atoms with van der Waals surface area (Å²) >= 11 is 0. The summed E-state index contributed by atoms with van der Waals surface area (Å²) in [5.41, 5.74) is 1.60. The van der Waals surface area contributed by atoms with Crippen molar-refractivity contribution in [3.05, 3.63) is 36.5 Å². The lowest BCUT2D eigenvalue weighted by molar-refractivity contribution is 0.660. The van der Waals surface area contributed by atoms with Gasteiger partial charge >= 0.3 is 0 Å². The van der Waals surface area contributed by atoms with E-state index in [1.165, 1.54) is 25.7 Å². The van der Waals surface area contributed by atoms with Gasteiger partial charge in [0.15, 0.2) is 0 Å². The van der Waals surface area contributed by atoms with Crippen molar-refractivity contribution in [2.45, 2.75) is 39.0 Å². The highest BCUT2D eigenvalue weighted by atomic mass is 14.2. The van der Waals surface area contributed by atoms with Crippen molar-refractivity contribution in [3.8, 4) is 0 Å². The normalized spacial score (nSPS) is 20.4. The van der Waals surface area contributed by atoms with Gasteiger partial charge in [0.1, 0.15) is 0 Å². The number of hydrogen-bond donors (Lipinski definition) is 0. The van der Waals surface area contributed by atoms with Crippen LogP contribution in [0.1, 0.15) is 39.0 Å². The summed E-state index contributed by atoms with van der Waals surface area (Å²) in [6, 6.07) is 0.